The number of piperidine rings is 1. The Morgan fingerprint density at radius 1 is 1.29 bits per heavy atom. The third-order valence-electron chi connectivity index (χ3n) is 5.74. The maximum Gasteiger partial charge on any atom is 0.241 e. The Hall–Kier alpha value is -2.75. The van der Waals surface area contributed by atoms with Crippen LogP contribution in [0.1, 0.15) is 18.5 Å². The number of halogens is 1. The van der Waals surface area contributed by atoms with E-state index in [1.807, 2.05) is 60.2 Å². The molecule has 0 saturated carbocycles. The summed E-state index contributed by atoms with van der Waals surface area (Å²) < 4.78 is 4.66. The number of anilines is 1. The Morgan fingerprint density at radius 2 is 2.16 bits per heavy atom. The Labute approximate surface area is 187 Å². The number of benzene rings is 1. The standard InChI is InChI=1S/C22H23BrN6O2/c1-27-11-14-5-6-15(9-18(14)26-27)25-22(31)19-10-17(30)7-8-28(19)12-16-13-29-20(23)3-2-4-21(29)24-16/h2-6,9,11,13,17,19,30H,7-8,10,12H2,1H3,(H,25,31)/t17-,19+/m1/s1. The number of rotatable bonds is 4. The van der Waals surface area contributed by atoms with Crippen molar-refractivity contribution < 1.29 is 9.90 Å². The highest BCUT2D eigenvalue weighted by Gasteiger charge is 2.33. The van der Waals surface area contributed by atoms with Gasteiger partial charge in [0.2, 0.25) is 5.91 Å². The third-order valence-corrected chi connectivity index (χ3v) is 6.38. The second-order valence-electron chi connectivity index (χ2n) is 8.04. The fraction of sp³-hybridized carbons (Fsp3) is 0.318. The number of pyridine rings is 1. The molecule has 0 unspecified atom stereocenters. The number of fused-ring (bicyclic) bond motifs is 2. The van der Waals surface area contributed by atoms with E-state index in [9.17, 15) is 9.90 Å². The third kappa shape index (κ3) is 4.08. The predicted octanol–water partition coefficient (Wildman–Crippen LogP) is 2.95. The molecule has 0 radical (unpaired) electrons. The number of hydrogen-bond acceptors (Lipinski definition) is 5. The minimum absolute atomic E-state index is 0.126. The molecule has 4 heterocycles. The fourth-order valence-corrected chi connectivity index (χ4v) is 4.65. The van der Waals surface area contributed by atoms with Gasteiger partial charge in [-0.25, -0.2) is 4.98 Å². The molecule has 3 aromatic heterocycles. The van der Waals surface area contributed by atoms with Crippen molar-refractivity contribution >= 4 is 44.1 Å². The minimum atomic E-state index is -0.486. The maximum atomic E-state index is 13.2. The van der Waals surface area contributed by atoms with E-state index in [0.717, 1.165) is 26.8 Å². The molecule has 1 aliphatic rings. The summed E-state index contributed by atoms with van der Waals surface area (Å²) in [4.78, 5) is 19.9. The number of carbonyl (C=O) groups is 1. The van der Waals surface area contributed by atoms with Gasteiger partial charge >= 0.3 is 0 Å². The van der Waals surface area contributed by atoms with Crippen LogP contribution >= 0.6 is 15.9 Å². The number of amides is 1. The maximum absolute atomic E-state index is 13.2. The number of nitrogens with zero attached hydrogens (tertiary/aromatic N) is 5. The molecule has 5 rings (SSSR count). The molecule has 1 fully saturated rings. The molecule has 2 atom stereocenters. The van der Waals surface area contributed by atoms with Crippen molar-refractivity contribution in [3.8, 4) is 0 Å². The molecular formula is C22H23BrN6O2. The molecule has 8 nitrogen and oxygen atoms in total. The summed E-state index contributed by atoms with van der Waals surface area (Å²) >= 11 is 3.54. The van der Waals surface area contributed by atoms with Crippen LogP contribution in [0.25, 0.3) is 16.6 Å². The summed E-state index contributed by atoms with van der Waals surface area (Å²) in [5.41, 5.74) is 3.27. The number of carbonyl (C=O) groups excluding carboxylic acids is 1. The van der Waals surface area contributed by atoms with Gasteiger partial charge in [0.15, 0.2) is 0 Å². The number of aliphatic hydroxyl groups excluding tert-OH is 1. The van der Waals surface area contributed by atoms with Crippen LogP contribution in [0.5, 0.6) is 0 Å². The second-order valence-corrected chi connectivity index (χ2v) is 8.85. The molecule has 1 saturated heterocycles. The Bertz CT molecular complexity index is 1270. The van der Waals surface area contributed by atoms with Crippen molar-refractivity contribution in [1.82, 2.24) is 24.1 Å². The molecule has 31 heavy (non-hydrogen) atoms. The number of aryl methyl sites for hydroxylation is 1. The first kappa shape index (κ1) is 20.2. The van der Waals surface area contributed by atoms with Gasteiger partial charge < -0.3 is 10.4 Å². The molecular weight excluding hydrogens is 460 g/mol. The summed E-state index contributed by atoms with van der Waals surface area (Å²) in [5, 5.41) is 18.7. The molecule has 0 spiro atoms. The first-order chi connectivity index (χ1) is 15.0. The van der Waals surface area contributed by atoms with Crippen molar-refractivity contribution in [2.75, 3.05) is 11.9 Å². The average Bonchev–Trinajstić information content (AvgIpc) is 3.31. The molecule has 9 heteroatoms. The van der Waals surface area contributed by atoms with E-state index >= 15 is 0 Å². The van der Waals surface area contributed by atoms with Crippen molar-refractivity contribution in [2.24, 2.45) is 7.05 Å². The smallest absolute Gasteiger partial charge is 0.241 e. The predicted molar refractivity (Wildman–Crippen MR) is 122 cm³/mol. The van der Waals surface area contributed by atoms with Crippen LogP contribution in [0.4, 0.5) is 5.69 Å². The molecule has 1 aliphatic heterocycles. The van der Waals surface area contributed by atoms with Gasteiger partial charge in [-0.1, -0.05) is 6.07 Å². The highest BCUT2D eigenvalue weighted by molar-refractivity contribution is 9.10. The van der Waals surface area contributed by atoms with E-state index < -0.39 is 12.1 Å². The zero-order valence-electron chi connectivity index (χ0n) is 17.1. The van der Waals surface area contributed by atoms with E-state index in [-0.39, 0.29) is 5.91 Å². The van der Waals surface area contributed by atoms with E-state index in [1.165, 1.54) is 0 Å². The van der Waals surface area contributed by atoms with E-state index in [4.69, 9.17) is 0 Å². The largest absolute Gasteiger partial charge is 0.393 e. The van der Waals surface area contributed by atoms with Gasteiger partial charge in [-0.15, -0.1) is 0 Å². The highest BCUT2D eigenvalue weighted by Crippen LogP contribution is 2.24. The number of hydrogen-bond donors (Lipinski definition) is 2. The van der Waals surface area contributed by atoms with Gasteiger partial charge in [0.25, 0.3) is 0 Å². The van der Waals surface area contributed by atoms with Crippen molar-refractivity contribution in [2.45, 2.75) is 31.5 Å². The van der Waals surface area contributed by atoms with Crippen LogP contribution in [0.15, 0.2) is 53.4 Å². The number of likely N-dealkylation sites (tertiary alicyclic amines) is 1. The topological polar surface area (TPSA) is 87.7 Å². The van der Waals surface area contributed by atoms with Crippen LogP contribution in [0.3, 0.4) is 0 Å². The molecule has 2 N–H and O–H groups in total. The van der Waals surface area contributed by atoms with Crippen LogP contribution in [-0.4, -0.2) is 53.8 Å². The zero-order valence-corrected chi connectivity index (χ0v) is 18.7. The van der Waals surface area contributed by atoms with Crippen molar-refractivity contribution in [3.05, 3.63) is 59.1 Å². The quantitative estimate of drug-likeness (QED) is 0.436. The molecule has 4 aromatic rings. The zero-order chi connectivity index (χ0) is 21.5. The molecule has 1 amide bonds. The van der Waals surface area contributed by atoms with Crippen molar-refractivity contribution in [1.29, 1.82) is 0 Å². The lowest BCUT2D eigenvalue weighted by Gasteiger charge is -2.36. The molecule has 160 valence electrons. The lowest BCUT2D eigenvalue weighted by atomic mass is 9.98. The lowest BCUT2D eigenvalue weighted by Crippen LogP contribution is -2.50. The Morgan fingerprint density at radius 3 is 3.00 bits per heavy atom. The van der Waals surface area contributed by atoms with E-state index in [1.54, 1.807) is 4.68 Å². The molecule has 1 aromatic carbocycles. The van der Waals surface area contributed by atoms with Gasteiger partial charge in [0.05, 0.1) is 28.0 Å². The van der Waals surface area contributed by atoms with Crippen LogP contribution < -0.4 is 5.32 Å². The second kappa shape index (κ2) is 8.07. The van der Waals surface area contributed by atoms with Crippen LogP contribution in [0, 0.1) is 0 Å². The Kier molecular flexibility index (Phi) is 5.25. The SMILES string of the molecule is Cn1cc2ccc(NC(=O)[C@@H]3C[C@H](O)CCN3Cc3cn4c(Br)cccc4n3)cc2n1. The van der Waals surface area contributed by atoms with Crippen molar-refractivity contribution in [3.63, 3.8) is 0 Å². The normalized spacial score (nSPS) is 19.8. The summed E-state index contributed by atoms with van der Waals surface area (Å²) in [7, 11) is 1.87. The van der Waals surface area contributed by atoms with Gasteiger partial charge in [-0.3, -0.25) is 18.8 Å². The molecule has 0 aliphatic carbocycles. The lowest BCUT2D eigenvalue weighted by molar-refractivity contribution is -0.124. The van der Waals surface area contributed by atoms with Crippen LogP contribution in [-0.2, 0) is 18.4 Å². The summed E-state index contributed by atoms with van der Waals surface area (Å²) in [6.07, 6.45) is 4.47. The van der Waals surface area contributed by atoms with Crippen LogP contribution in [0.2, 0.25) is 0 Å². The van der Waals surface area contributed by atoms with Gasteiger partial charge in [-0.2, -0.15) is 5.10 Å². The average molecular weight is 483 g/mol. The molecule has 0 bridgehead atoms. The first-order valence-electron chi connectivity index (χ1n) is 10.2. The van der Waals surface area contributed by atoms with Gasteiger partial charge in [-0.05, 0) is 59.1 Å². The number of aliphatic hydroxyl groups is 1. The number of nitrogens with one attached hydrogen (secondary N) is 1. The van der Waals surface area contributed by atoms with E-state index in [2.05, 4.69) is 36.2 Å². The van der Waals surface area contributed by atoms with Gasteiger partial charge in [0, 0.05) is 43.6 Å². The first-order valence-corrected chi connectivity index (χ1v) is 11.0. The fourth-order valence-electron chi connectivity index (χ4n) is 4.21. The summed E-state index contributed by atoms with van der Waals surface area (Å²) in [6.45, 7) is 1.17. The van der Waals surface area contributed by atoms with E-state index in [0.29, 0.717) is 31.6 Å². The minimum Gasteiger partial charge on any atom is -0.393 e. The number of aromatic nitrogens is 4. The van der Waals surface area contributed by atoms with Gasteiger partial charge in [0.1, 0.15) is 5.65 Å². The number of imidazole rings is 1. The summed E-state index contributed by atoms with van der Waals surface area (Å²) in [6, 6.07) is 11.1. The highest BCUT2D eigenvalue weighted by atomic mass is 79.9. The summed E-state index contributed by atoms with van der Waals surface area (Å²) in [5.74, 6) is -0.126. The Balaban J connectivity index is 1.36. The monoisotopic (exact) mass is 482 g/mol.